The van der Waals surface area contributed by atoms with Crippen LogP contribution in [0, 0.1) is 20.8 Å². The van der Waals surface area contributed by atoms with Crippen LogP contribution in [0.4, 0.5) is 16.2 Å². The Morgan fingerprint density at radius 1 is 1.04 bits per heavy atom. The molecule has 2 N–H and O–H groups in total. The largest absolute Gasteiger partial charge is 0.444 e. The maximum atomic E-state index is 12.2. The van der Waals surface area contributed by atoms with Crippen molar-refractivity contribution in [2.75, 3.05) is 36.8 Å². The van der Waals surface area contributed by atoms with Crippen LogP contribution >= 0.6 is 0 Å². The Morgan fingerprint density at radius 3 is 2.08 bits per heavy atom. The maximum Gasteiger partial charge on any atom is 0.410 e. The van der Waals surface area contributed by atoms with Crippen molar-refractivity contribution < 1.29 is 14.3 Å². The average Bonchev–Trinajstić information content (AvgIpc) is 2.52. The monoisotopic (exact) mass is 347 g/mol. The van der Waals surface area contributed by atoms with Gasteiger partial charge in [-0.3, -0.25) is 4.79 Å². The SMILES string of the molecule is Cc1c(N)c(C)c(N2CCN(C(=O)OC(C)(C)C)CC2)c(C)c1C=O. The molecule has 0 saturated carbocycles. The number of nitrogens with zero attached hydrogens (tertiary/aromatic N) is 2. The summed E-state index contributed by atoms with van der Waals surface area (Å²) in [6, 6.07) is 0. The summed E-state index contributed by atoms with van der Waals surface area (Å²) >= 11 is 0. The first-order chi connectivity index (χ1) is 11.6. The number of carbonyl (C=O) groups is 2. The smallest absolute Gasteiger partial charge is 0.410 e. The third-order valence-corrected chi connectivity index (χ3v) is 4.69. The molecule has 0 radical (unpaired) electrons. The summed E-state index contributed by atoms with van der Waals surface area (Å²) in [5.74, 6) is 0. The number of amides is 1. The van der Waals surface area contributed by atoms with Gasteiger partial charge < -0.3 is 20.3 Å². The third kappa shape index (κ3) is 3.89. The minimum atomic E-state index is -0.494. The van der Waals surface area contributed by atoms with Crippen LogP contribution in [-0.4, -0.2) is 49.1 Å². The summed E-state index contributed by atoms with van der Waals surface area (Å²) in [4.78, 5) is 27.6. The summed E-state index contributed by atoms with van der Waals surface area (Å²) in [7, 11) is 0. The molecular weight excluding hydrogens is 318 g/mol. The summed E-state index contributed by atoms with van der Waals surface area (Å²) < 4.78 is 5.44. The van der Waals surface area contributed by atoms with E-state index in [1.807, 2.05) is 41.5 Å². The molecule has 0 aromatic heterocycles. The van der Waals surface area contributed by atoms with Crippen molar-refractivity contribution in [1.82, 2.24) is 4.90 Å². The quantitative estimate of drug-likeness (QED) is 0.657. The Labute approximate surface area is 149 Å². The highest BCUT2D eigenvalue weighted by Crippen LogP contribution is 2.35. The average molecular weight is 347 g/mol. The van der Waals surface area contributed by atoms with Crippen molar-refractivity contribution >= 4 is 23.8 Å². The number of benzene rings is 1. The molecule has 0 spiro atoms. The first-order valence-corrected chi connectivity index (χ1v) is 8.64. The van der Waals surface area contributed by atoms with Crippen LogP contribution in [0.1, 0.15) is 47.8 Å². The number of hydrogen-bond donors (Lipinski definition) is 1. The molecule has 0 bridgehead atoms. The molecular formula is C19H29N3O3. The molecule has 6 heteroatoms. The van der Waals surface area contributed by atoms with E-state index >= 15 is 0 Å². The summed E-state index contributed by atoms with van der Waals surface area (Å²) in [6.45, 7) is 13.9. The van der Waals surface area contributed by atoms with Crippen molar-refractivity contribution in [3.8, 4) is 0 Å². The highest BCUT2D eigenvalue weighted by Gasteiger charge is 2.28. The number of ether oxygens (including phenoxy) is 1. The molecule has 1 aromatic rings. The second kappa shape index (κ2) is 6.94. The molecule has 1 heterocycles. The van der Waals surface area contributed by atoms with Gasteiger partial charge in [0.25, 0.3) is 0 Å². The zero-order chi connectivity index (χ0) is 18.9. The molecule has 0 unspecified atom stereocenters. The number of rotatable bonds is 2. The first kappa shape index (κ1) is 19.1. The van der Waals surface area contributed by atoms with E-state index in [0.717, 1.165) is 28.7 Å². The lowest BCUT2D eigenvalue weighted by atomic mass is 9.94. The fourth-order valence-corrected chi connectivity index (χ4v) is 3.33. The normalized spacial score (nSPS) is 15.3. The van der Waals surface area contributed by atoms with Crippen molar-refractivity contribution in [3.63, 3.8) is 0 Å². The first-order valence-electron chi connectivity index (χ1n) is 8.64. The standard InChI is InChI=1S/C19H29N3O3/c1-12-15(11-23)13(2)17(14(3)16(12)20)21-7-9-22(10-8-21)18(24)25-19(4,5)6/h11H,7-10,20H2,1-6H3. The summed E-state index contributed by atoms with van der Waals surface area (Å²) in [5.41, 5.74) is 10.8. The second-order valence-corrected chi connectivity index (χ2v) is 7.62. The van der Waals surface area contributed by atoms with Crippen molar-refractivity contribution in [2.24, 2.45) is 0 Å². The Morgan fingerprint density at radius 2 is 1.60 bits per heavy atom. The van der Waals surface area contributed by atoms with E-state index in [-0.39, 0.29) is 6.09 Å². The van der Waals surface area contributed by atoms with Crippen LogP contribution in [0.2, 0.25) is 0 Å². The maximum absolute atomic E-state index is 12.2. The lowest BCUT2D eigenvalue weighted by Gasteiger charge is -2.38. The molecule has 1 aliphatic heterocycles. The van der Waals surface area contributed by atoms with Gasteiger partial charge in [-0.25, -0.2) is 4.79 Å². The van der Waals surface area contributed by atoms with E-state index in [1.165, 1.54) is 0 Å². The lowest BCUT2D eigenvalue weighted by molar-refractivity contribution is 0.0240. The fourth-order valence-electron chi connectivity index (χ4n) is 3.33. The van der Waals surface area contributed by atoms with Crippen LogP contribution in [0.15, 0.2) is 0 Å². The molecule has 25 heavy (non-hydrogen) atoms. The number of anilines is 2. The zero-order valence-electron chi connectivity index (χ0n) is 16.1. The number of piperazine rings is 1. The molecule has 6 nitrogen and oxygen atoms in total. The van der Waals surface area contributed by atoms with Crippen molar-refractivity contribution in [2.45, 2.75) is 47.1 Å². The van der Waals surface area contributed by atoms with Gasteiger partial charge in [0.2, 0.25) is 0 Å². The number of nitrogens with two attached hydrogens (primary N) is 1. The number of aldehydes is 1. The van der Waals surface area contributed by atoms with E-state index in [1.54, 1.807) is 4.90 Å². The van der Waals surface area contributed by atoms with Gasteiger partial charge in [-0.15, -0.1) is 0 Å². The van der Waals surface area contributed by atoms with Crippen LogP contribution < -0.4 is 10.6 Å². The van der Waals surface area contributed by atoms with Gasteiger partial charge in [0.05, 0.1) is 0 Å². The van der Waals surface area contributed by atoms with Crippen LogP contribution in [-0.2, 0) is 4.74 Å². The van der Waals surface area contributed by atoms with E-state index in [4.69, 9.17) is 10.5 Å². The number of nitrogen functional groups attached to an aromatic ring is 1. The van der Waals surface area contributed by atoms with Crippen LogP contribution in [0.25, 0.3) is 0 Å². The Hall–Kier alpha value is -2.24. The number of carbonyl (C=O) groups excluding carboxylic acids is 2. The fraction of sp³-hybridized carbons (Fsp3) is 0.579. The molecule has 1 amide bonds. The van der Waals surface area contributed by atoms with E-state index in [9.17, 15) is 9.59 Å². The molecule has 1 aliphatic rings. The van der Waals surface area contributed by atoms with Gasteiger partial charge in [0, 0.05) is 43.1 Å². The van der Waals surface area contributed by atoms with Gasteiger partial charge in [-0.1, -0.05) is 0 Å². The van der Waals surface area contributed by atoms with Gasteiger partial charge in [-0.2, -0.15) is 0 Å². The molecule has 138 valence electrons. The van der Waals surface area contributed by atoms with E-state index in [0.29, 0.717) is 37.4 Å². The predicted octanol–water partition coefficient (Wildman–Crippen LogP) is 3.06. The zero-order valence-corrected chi connectivity index (χ0v) is 16.1. The predicted molar refractivity (Wildman–Crippen MR) is 100 cm³/mol. The van der Waals surface area contributed by atoms with Crippen molar-refractivity contribution in [1.29, 1.82) is 0 Å². The Kier molecular flexibility index (Phi) is 5.30. The Balaban J connectivity index is 2.20. The second-order valence-electron chi connectivity index (χ2n) is 7.62. The molecule has 0 atom stereocenters. The molecule has 1 fully saturated rings. The van der Waals surface area contributed by atoms with Gasteiger partial charge in [0.1, 0.15) is 5.60 Å². The highest BCUT2D eigenvalue weighted by atomic mass is 16.6. The minimum Gasteiger partial charge on any atom is -0.444 e. The molecule has 0 aliphatic carbocycles. The molecule has 2 rings (SSSR count). The van der Waals surface area contributed by atoms with E-state index in [2.05, 4.69) is 4.90 Å². The summed E-state index contributed by atoms with van der Waals surface area (Å²) in [5, 5.41) is 0. The van der Waals surface area contributed by atoms with Crippen molar-refractivity contribution in [3.05, 3.63) is 22.3 Å². The van der Waals surface area contributed by atoms with Crippen LogP contribution in [0.5, 0.6) is 0 Å². The Bertz CT molecular complexity index is 684. The van der Waals surface area contributed by atoms with Gasteiger partial charge in [-0.05, 0) is 58.2 Å². The topological polar surface area (TPSA) is 75.9 Å². The van der Waals surface area contributed by atoms with Gasteiger partial charge >= 0.3 is 6.09 Å². The van der Waals surface area contributed by atoms with E-state index < -0.39 is 5.60 Å². The minimum absolute atomic E-state index is 0.280. The highest BCUT2D eigenvalue weighted by molar-refractivity contribution is 5.88. The number of hydrogen-bond acceptors (Lipinski definition) is 5. The molecule has 1 saturated heterocycles. The third-order valence-electron chi connectivity index (χ3n) is 4.69. The molecule has 1 aromatic carbocycles. The van der Waals surface area contributed by atoms with Crippen LogP contribution in [0.3, 0.4) is 0 Å². The lowest BCUT2D eigenvalue weighted by Crippen LogP contribution is -2.50. The summed E-state index contributed by atoms with van der Waals surface area (Å²) in [6.07, 6.45) is 0.596. The van der Waals surface area contributed by atoms with Gasteiger partial charge in [0.15, 0.2) is 6.29 Å².